The highest BCUT2D eigenvalue weighted by Crippen LogP contribution is 2.20. The van der Waals surface area contributed by atoms with Crippen LogP contribution in [0.2, 0.25) is 0 Å². The Morgan fingerprint density at radius 3 is 2.28 bits per heavy atom. The van der Waals surface area contributed by atoms with Crippen molar-refractivity contribution in [2.24, 2.45) is 0 Å². The zero-order chi connectivity index (χ0) is 13.4. The fourth-order valence-electron chi connectivity index (χ4n) is 1.84. The molecule has 1 rings (SSSR count). The lowest BCUT2D eigenvalue weighted by Gasteiger charge is -2.37. The molecule has 3 unspecified atom stereocenters. The minimum Gasteiger partial charge on any atom is -0.387 e. The van der Waals surface area contributed by atoms with Crippen molar-refractivity contribution in [3.05, 3.63) is 0 Å². The zero-order valence-corrected chi connectivity index (χ0v) is 11.4. The Labute approximate surface area is 109 Å². The highest BCUT2D eigenvalue weighted by atomic mass is 16.7. The van der Waals surface area contributed by atoms with Crippen molar-refractivity contribution >= 4 is 0 Å². The van der Waals surface area contributed by atoms with E-state index in [-0.39, 0.29) is 6.61 Å². The van der Waals surface area contributed by atoms with Crippen LogP contribution < -0.4 is 0 Å². The van der Waals surface area contributed by atoms with Gasteiger partial charge in [0.2, 0.25) is 0 Å². The largest absolute Gasteiger partial charge is 0.387 e. The lowest BCUT2D eigenvalue weighted by molar-refractivity contribution is -0.272. The van der Waals surface area contributed by atoms with Gasteiger partial charge in [-0.05, 0) is 12.8 Å². The maximum absolute atomic E-state index is 10.1. The van der Waals surface area contributed by atoms with Crippen LogP contribution in [0.1, 0.15) is 39.5 Å². The summed E-state index contributed by atoms with van der Waals surface area (Å²) in [5, 5.41) is 19.8. The van der Waals surface area contributed by atoms with Gasteiger partial charge in [-0.25, -0.2) is 0 Å². The van der Waals surface area contributed by atoms with Gasteiger partial charge in [0, 0.05) is 13.2 Å². The molecule has 2 N–H and O–H groups in total. The molecular weight excluding hydrogens is 236 g/mol. The second-order valence-corrected chi connectivity index (χ2v) is 4.67. The minimum atomic E-state index is -1.07. The molecule has 108 valence electrons. The van der Waals surface area contributed by atoms with Crippen molar-refractivity contribution in [2.75, 3.05) is 19.8 Å². The van der Waals surface area contributed by atoms with Crippen LogP contribution in [0.15, 0.2) is 0 Å². The van der Waals surface area contributed by atoms with E-state index in [0.29, 0.717) is 13.2 Å². The molecule has 0 aliphatic carbocycles. The van der Waals surface area contributed by atoms with Crippen LogP contribution in [0.5, 0.6) is 0 Å². The Balaban J connectivity index is 2.38. The first-order chi connectivity index (χ1) is 8.70. The predicted octanol–water partition coefficient (Wildman–Crippen LogP) is 1.07. The average Bonchev–Trinajstić information content (AvgIpc) is 2.36. The lowest BCUT2D eigenvalue weighted by atomic mass is 10.1. The fourth-order valence-corrected chi connectivity index (χ4v) is 1.84. The van der Waals surface area contributed by atoms with Gasteiger partial charge in [0.1, 0.15) is 18.3 Å². The molecule has 18 heavy (non-hydrogen) atoms. The Bertz CT molecular complexity index is 212. The van der Waals surface area contributed by atoms with Crippen molar-refractivity contribution in [1.82, 2.24) is 0 Å². The van der Waals surface area contributed by atoms with Crippen molar-refractivity contribution in [1.29, 1.82) is 0 Å². The molecule has 0 spiro atoms. The second-order valence-electron chi connectivity index (χ2n) is 4.67. The van der Waals surface area contributed by atoms with Crippen LogP contribution in [-0.2, 0) is 14.2 Å². The monoisotopic (exact) mass is 262 g/mol. The molecule has 0 saturated carbocycles. The third-order valence-electron chi connectivity index (χ3n) is 3.07. The molecule has 5 heteroatoms. The summed E-state index contributed by atoms with van der Waals surface area (Å²) in [7, 11) is 0. The van der Waals surface area contributed by atoms with E-state index < -0.39 is 24.6 Å². The first-order valence-corrected chi connectivity index (χ1v) is 6.91. The fraction of sp³-hybridized carbons (Fsp3) is 1.00. The third kappa shape index (κ3) is 4.82. The number of rotatable bonds is 8. The number of hydrogen-bond acceptors (Lipinski definition) is 5. The Hall–Kier alpha value is -0.200. The average molecular weight is 262 g/mol. The zero-order valence-electron chi connectivity index (χ0n) is 11.4. The Morgan fingerprint density at radius 2 is 1.67 bits per heavy atom. The molecule has 4 atom stereocenters. The van der Waals surface area contributed by atoms with Gasteiger partial charge >= 0.3 is 0 Å². The van der Waals surface area contributed by atoms with Crippen LogP contribution >= 0.6 is 0 Å². The van der Waals surface area contributed by atoms with Crippen LogP contribution in [-0.4, -0.2) is 54.6 Å². The van der Waals surface area contributed by atoms with E-state index in [1.165, 1.54) is 0 Å². The van der Waals surface area contributed by atoms with E-state index in [2.05, 4.69) is 13.8 Å². The van der Waals surface area contributed by atoms with Crippen molar-refractivity contribution in [3.8, 4) is 0 Å². The van der Waals surface area contributed by atoms with E-state index >= 15 is 0 Å². The standard InChI is InChI=1S/C13H26O5/c1-3-5-7-16-10-9-18-13(15)12(11(10)14)17-8-6-4-2/h10-15H,3-9H2,1-2H3/t10-,11?,12?,13?/m1/s1. The van der Waals surface area contributed by atoms with Crippen molar-refractivity contribution in [3.63, 3.8) is 0 Å². The van der Waals surface area contributed by atoms with Gasteiger partial charge in [0.25, 0.3) is 0 Å². The van der Waals surface area contributed by atoms with Gasteiger partial charge in [-0.3, -0.25) is 0 Å². The van der Waals surface area contributed by atoms with Crippen LogP contribution in [0.3, 0.4) is 0 Å². The number of hydrogen-bond donors (Lipinski definition) is 2. The molecule has 5 nitrogen and oxygen atoms in total. The molecular formula is C13H26O5. The molecule has 1 heterocycles. The third-order valence-corrected chi connectivity index (χ3v) is 3.07. The molecule has 0 amide bonds. The van der Waals surface area contributed by atoms with E-state index in [0.717, 1.165) is 25.7 Å². The smallest absolute Gasteiger partial charge is 0.183 e. The lowest BCUT2D eigenvalue weighted by Crippen LogP contribution is -2.55. The van der Waals surface area contributed by atoms with E-state index in [1.54, 1.807) is 0 Å². The molecule has 0 radical (unpaired) electrons. The van der Waals surface area contributed by atoms with E-state index in [4.69, 9.17) is 14.2 Å². The Kier molecular flexibility index (Phi) is 7.77. The minimum absolute atomic E-state index is 0.208. The summed E-state index contributed by atoms with van der Waals surface area (Å²) >= 11 is 0. The van der Waals surface area contributed by atoms with Crippen LogP contribution in [0.4, 0.5) is 0 Å². The first kappa shape index (κ1) is 15.9. The van der Waals surface area contributed by atoms with Gasteiger partial charge in [-0.1, -0.05) is 26.7 Å². The summed E-state index contributed by atoms with van der Waals surface area (Å²) in [4.78, 5) is 0. The second kappa shape index (κ2) is 8.82. The van der Waals surface area contributed by atoms with Crippen molar-refractivity contribution in [2.45, 2.75) is 64.1 Å². The summed E-state index contributed by atoms with van der Waals surface area (Å²) in [5.74, 6) is 0. The molecule has 0 aromatic carbocycles. The highest BCUT2D eigenvalue weighted by Gasteiger charge is 2.40. The van der Waals surface area contributed by atoms with Crippen LogP contribution in [0, 0.1) is 0 Å². The van der Waals surface area contributed by atoms with Gasteiger partial charge in [-0.15, -0.1) is 0 Å². The van der Waals surface area contributed by atoms with Gasteiger partial charge in [0.05, 0.1) is 6.61 Å². The maximum Gasteiger partial charge on any atom is 0.183 e. The quantitative estimate of drug-likeness (QED) is 0.640. The number of aliphatic hydroxyl groups is 2. The Morgan fingerprint density at radius 1 is 1.06 bits per heavy atom. The summed E-state index contributed by atoms with van der Waals surface area (Å²) < 4.78 is 16.2. The summed E-state index contributed by atoms with van der Waals surface area (Å²) in [6, 6.07) is 0. The number of unbranched alkanes of at least 4 members (excludes halogenated alkanes) is 2. The maximum atomic E-state index is 10.1. The topological polar surface area (TPSA) is 68.2 Å². The van der Waals surface area contributed by atoms with Crippen molar-refractivity contribution < 1.29 is 24.4 Å². The van der Waals surface area contributed by atoms with Gasteiger partial charge < -0.3 is 24.4 Å². The molecule has 1 fully saturated rings. The molecule has 1 aliphatic rings. The van der Waals surface area contributed by atoms with Crippen LogP contribution in [0.25, 0.3) is 0 Å². The summed E-state index contributed by atoms with van der Waals surface area (Å²) in [5.41, 5.74) is 0. The van der Waals surface area contributed by atoms with E-state index in [9.17, 15) is 10.2 Å². The molecule has 0 bridgehead atoms. The highest BCUT2D eigenvalue weighted by molar-refractivity contribution is 4.84. The normalized spacial score (nSPS) is 32.7. The SMILES string of the molecule is CCCCOC1C(O)OC[C@@H](OCCCC)C1O. The molecule has 1 aliphatic heterocycles. The number of aliphatic hydroxyl groups excluding tert-OH is 2. The molecule has 1 saturated heterocycles. The first-order valence-electron chi connectivity index (χ1n) is 6.91. The van der Waals surface area contributed by atoms with E-state index in [1.807, 2.05) is 0 Å². The predicted molar refractivity (Wildman–Crippen MR) is 67.3 cm³/mol. The van der Waals surface area contributed by atoms with Gasteiger partial charge in [0.15, 0.2) is 6.29 Å². The molecule has 0 aromatic heterocycles. The number of ether oxygens (including phenoxy) is 3. The van der Waals surface area contributed by atoms with Gasteiger partial charge in [-0.2, -0.15) is 0 Å². The summed E-state index contributed by atoms with van der Waals surface area (Å²) in [6.07, 6.45) is 0.887. The molecule has 0 aromatic rings. The summed E-state index contributed by atoms with van der Waals surface area (Å²) in [6.45, 7) is 5.46.